The number of amides is 2. The van der Waals surface area contributed by atoms with Crippen molar-refractivity contribution in [3.63, 3.8) is 0 Å². The highest BCUT2D eigenvalue weighted by atomic mass is 16.5. The number of likely N-dealkylation sites (tertiary alicyclic amines) is 1. The van der Waals surface area contributed by atoms with Gasteiger partial charge < -0.3 is 23.9 Å². The number of rotatable bonds is 6. The number of ether oxygens (including phenoxy) is 1. The van der Waals surface area contributed by atoms with E-state index in [-0.39, 0.29) is 17.7 Å². The van der Waals surface area contributed by atoms with E-state index in [1.165, 1.54) is 7.11 Å². The number of esters is 1. The first-order chi connectivity index (χ1) is 14.3. The molecule has 0 atom stereocenters. The molecular weight excluding hydrogens is 386 g/mol. The molecule has 1 aliphatic rings. The molecule has 2 aromatic rings. The Morgan fingerprint density at radius 3 is 2.57 bits per heavy atom. The van der Waals surface area contributed by atoms with Crippen molar-refractivity contribution in [3.05, 3.63) is 46.7 Å². The second-order valence-corrected chi connectivity index (χ2v) is 7.89. The van der Waals surface area contributed by atoms with Crippen LogP contribution >= 0.6 is 0 Å². The average Bonchev–Trinajstić information content (AvgIpc) is 3.34. The van der Waals surface area contributed by atoms with Crippen molar-refractivity contribution in [1.29, 1.82) is 0 Å². The largest absolute Gasteiger partial charge is 0.467 e. The van der Waals surface area contributed by atoms with Crippen LogP contribution in [0, 0.1) is 19.8 Å². The summed E-state index contributed by atoms with van der Waals surface area (Å²) in [5.41, 5.74) is 2.09. The summed E-state index contributed by atoms with van der Waals surface area (Å²) < 4.78 is 10.1. The van der Waals surface area contributed by atoms with Gasteiger partial charge in [0.15, 0.2) is 0 Å². The van der Waals surface area contributed by atoms with Gasteiger partial charge in [-0.3, -0.25) is 9.59 Å². The molecule has 8 heteroatoms. The summed E-state index contributed by atoms with van der Waals surface area (Å²) in [4.78, 5) is 43.9. The number of aromatic amines is 1. The zero-order chi connectivity index (χ0) is 21.8. The molecule has 2 aromatic heterocycles. The quantitative estimate of drug-likeness (QED) is 0.732. The molecule has 0 aromatic carbocycles. The van der Waals surface area contributed by atoms with Crippen LogP contribution in [0.3, 0.4) is 0 Å². The molecule has 30 heavy (non-hydrogen) atoms. The van der Waals surface area contributed by atoms with Crippen LogP contribution < -0.4 is 0 Å². The first-order valence-corrected chi connectivity index (χ1v) is 10.1. The summed E-state index contributed by atoms with van der Waals surface area (Å²) in [7, 11) is 3.10. The lowest BCUT2D eigenvalue weighted by atomic mass is 9.92. The number of carbonyl (C=O) groups is 3. The van der Waals surface area contributed by atoms with Gasteiger partial charge in [-0.2, -0.15) is 0 Å². The molecule has 162 valence electrons. The van der Waals surface area contributed by atoms with E-state index in [9.17, 15) is 14.4 Å². The van der Waals surface area contributed by atoms with Crippen LogP contribution in [0.5, 0.6) is 0 Å². The lowest BCUT2D eigenvalue weighted by Gasteiger charge is -2.32. The van der Waals surface area contributed by atoms with Crippen LogP contribution in [0.4, 0.5) is 0 Å². The van der Waals surface area contributed by atoms with Gasteiger partial charge in [-0.25, -0.2) is 4.79 Å². The van der Waals surface area contributed by atoms with Crippen LogP contribution in [-0.4, -0.2) is 59.8 Å². The van der Waals surface area contributed by atoms with Crippen molar-refractivity contribution >= 4 is 17.8 Å². The predicted molar refractivity (Wildman–Crippen MR) is 110 cm³/mol. The number of hydrogen-bond acceptors (Lipinski definition) is 5. The normalized spacial score (nSPS) is 14.6. The SMILES string of the molecule is COC(=O)c1c(C)[nH]c(C(=O)N2CCC(CC(=O)N(C)Cc3ccco3)CC2)c1C. The summed E-state index contributed by atoms with van der Waals surface area (Å²) in [6.45, 7) is 5.14. The molecule has 1 saturated heterocycles. The molecule has 0 aliphatic carbocycles. The van der Waals surface area contributed by atoms with Gasteiger partial charge in [0.25, 0.3) is 5.91 Å². The maximum absolute atomic E-state index is 13.0. The highest BCUT2D eigenvalue weighted by Gasteiger charge is 2.29. The van der Waals surface area contributed by atoms with Crippen molar-refractivity contribution < 1.29 is 23.5 Å². The second kappa shape index (κ2) is 9.19. The molecule has 0 saturated carbocycles. The topological polar surface area (TPSA) is 95.8 Å². The van der Waals surface area contributed by atoms with Gasteiger partial charge >= 0.3 is 5.97 Å². The minimum absolute atomic E-state index is 0.0785. The Kier molecular flexibility index (Phi) is 6.64. The van der Waals surface area contributed by atoms with Crippen molar-refractivity contribution in [2.75, 3.05) is 27.2 Å². The van der Waals surface area contributed by atoms with Crippen LogP contribution in [-0.2, 0) is 16.1 Å². The van der Waals surface area contributed by atoms with Crippen molar-refractivity contribution in [1.82, 2.24) is 14.8 Å². The number of nitrogens with zero attached hydrogens (tertiary/aromatic N) is 2. The number of nitrogens with one attached hydrogen (secondary N) is 1. The van der Waals surface area contributed by atoms with Gasteiger partial charge in [-0.1, -0.05) is 0 Å². The van der Waals surface area contributed by atoms with Gasteiger partial charge in [-0.05, 0) is 50.3 Å². The Morgan fingerprint density at radius 1 is 1.27 bits per heavy atom. The Labute approximate surface area is 176 Å². The third-order valence-corrected chi connectivity index (χ3v) is 5.80. The predicted octanol–water partition coefficient (Wildman–Crippen LogP) is 2.91. The van der Waals surface area contributed by atoms with Crippen LogP contribution in [0.25, 0.3) is 0 Å². The Bertz CT molecular complexity index is 908. The fraction of sp³-hybridized carbons (Fsp3) is 0.500. The van der Waals surface area contributed by atoms with E-state index in [0.717, 1.165) is 18.6 Å². The molecule has 3 heterocycles. The Morgan fingerprint density at radius 2 is 1.97 bits per heavy atom. The third-order valence-electron chi connectivity index (χ3n) is 5.80. The lowest BCUT2D eigenvalue weighted by Crippen LogP contribution is -2.40. The summed E-state index contributed by atoms with van der Waals surface area (Å²) >= 11 is 0. The number of H-pyrrole nitrogens is 1. The average molecular weight is 415 g/mol. The Hall–Kier alpha value is -3.03. The molecule has 3 rings (SSSR count). The molecule has 0 unspecified atom stereocenters. The van der Waals surface area contributed by atoms with Gasteiger partial charge in [0.05, 0.1) is 25.5 Å². The van der Waals surface area contributed by atoms with Crippen LogP contribution in [0.2, 0.25) is 0 Å². The number of methoxy groups -OCH3 is 1. The summed E-state index contributed by atoms with van der Waals surface area (Å²) in [5.74, 6) is 0.517. The number of piperidine rings is 1. The molecule has 1 N–H and O–H groups in total. The van der Waals surface area contributed by atoms with Gasteiger partial charge in [0, 0.05) is 32.3 Å². The van der Waals surface area contributed by atoms with Crippen molar-refractivity contribution in [2.45, 2.75) is 39.7 Å². The number of aryl methyl sites for hydroxylation is 1. The standard InChI is InChI=1S/C22H29N3O5/c1-14-19(22(28)29-4)15(2)23-20(14)21(27)25-9-7-16(8-10-25)12-18(26)24(3)13-17-6-5-11-30-17/h5-6,11,16,23H,7-10,12-13H2,1-4H3. The van der Waals surface area contributed by atoms with E-state index in [1.807, 2.05) is 12.1 Å². The van der Waals surface area contributed by atoms with Crippen LogP contribution in [0.15, 0.2) is 22.8 Å². The highest BCUT2D eigenvalue weighted by molar-refractivity contribution is 6.00. The van der Waals surface area contributed by atoms with E-state index in [2.05, 4.69) is 4.98 Å². The number of furan rings is 1. The molecule has 0 bridgehead atoms. The molecule has 0 radical (unpaired) electrons. The molecule has 1 fully saturated rings. The Balaban J connectivity index is 1.54. The molecular formula is C22H29N3O5. The zero-order valence-corrected chi connectivity index (χ0v) is 18.0. The minimum Gasteiger partial charge on any atom is -0.467 e. The first-order valence-electron chi connectivity index (χ1n) is 10.1. The van der Waals surface area contributed by atoms with Crippen LogP contribution in [0.1, 0.15) is 57.1 Å². The fourth-order valence-electron chi connectivity index (χ4n) is 4.00. The molecule has 2 amide bonds. The van der Waals surface area contributed by atoms with Crippen molar-refractivity contribution in [2.24, 2.45) is 5.92 Å². The number of carbonyl (C=O) groups excluding carboxylic acids is 3. The van der Waals surface area contributed by atoms with E-state index in [1.54, 1.807) is 37.0 Å². The smallest absolute Gasteiger partial charge is 0.339 e. The van der Waals surface area contributed by atoms with E-state index >= 15 is 0 Å². The van der Waals surface area contributed by atoms with Gasteiger partial charge in [0.1, 0.15) is 11.5 Å². The maximum Gasteiger partial charge on any atom is 0.339 e. The summed E-state index contributed by atoms with van der Waals surface area (Å²) in [6, 6.07) is 3.66. The first kappa shape index (κ1) is 21.7. The summed E-state index contributed by atoms with van der Waals surface area (Å²) in [6.07, 6.45) is 3.61. The third kappa shape index (κ3) is 4.58. The zero-order valence-electron chi connectivity index (χ0n) is 18.0. The maximum atomic E-state index is 13.0. The molecule has 0 spiro atoms. The van der Waals surface area contributed by atoms with E-state index in [0.29, 0.717) is 48.6 Å². The minimum atomic E-state index is -0.448. The van der Waals surface area contributed by atoms with Gasteiger partial charge in [-0.15, -0.1) is 0 Å². The fourth-order valence-corrected chi connectivity index (χ4v) is 4.00. The van der Waals surface area contributed by atoms with E-state index in [4.69, 9.17) is 9.15 Å². The second-order valence-electron chi connectivity index (χ2n) is 7.89. The lowest BCUT2D eigenvalue weighted by molar-refractivity contribution is -0.132. The number of aromatic nitrogens is 1. The van der Waals surface area contributed by atoms with Gasteiger partial charge in [0.2, 0.25) is 5.91 Å². The van der Waals surface area contributed by atoms with Crippen molar-refractivity contribution in [3.8, 4) is 0 Å². The highest BCUT2D eigenvalue weighted by Crippen LogP contribution is 2.25. The van der Waals surface area contributed by atoms with E-state index < -0.39 is 5.97 Å². The molecule has 8 nitrogen and oxygen atoms in total. The monoisotopic (exact) mass is 415 g/mol. The summed E-state index contributed by atoms with van der Waals surface area (Å²) in [5, 5.41) is 0. The number of hydrogen-bond donors (Lipinski definition) is 1. The molecule has 1 aliphatic heterocycles.